The molecule has 0 spiro atoms. The summed E-state index contributed by atoms with van der Waals surface area (Å²) in [7, 11) is 0. The van der Waals surface area contributed by atoms with Gasteiger partial charge in [-0.05, 0) is 47.8 Å². The van der Waals surface area contributed by atoms with Crippen molar-refractivity contribution >= 4 is 18.0 Å². The highest BCUT2D eigenvalue weighted by Crippen LogP contribution is 2.71. The molecule has 0 saturated heterocycles. The first-order valence-electron chi connectivity index (χ1n) is 6.65. The molecule has 1 aromatic rings. The van der Waals surface area contributed by atoms with E-state index >= 15 is 0 Å². The number of nitrogens with two attached hydrogens (primary N) is 1. The van der Waals surface area contributed by atoms with Gasteiger partial charge in [-0.3, -0.25) is 0 Å². The molecule has 1 heterocycles. The SMILES string of the molecule is C=C/C=C\C(=C/C)P1(c2ccccc2)=C/C1=C\C=C/N. The fourth-order valence-corrected chi connectivity index (χ4v) is 5.98. The molecule has 1 nitrogen and oxygen atoms in total. The molecule has 0 saturated carbocycles. The third-order valence-electron chi connectivity index (χ3n) is 3.31. The summed E-state index contributed by atoms with van der Waals surface area (Å²) < 4.78 is 0. The van der Waals surface area contributed by atoms with Gasteiger partial charge in [0.25, 0.3) is 0 Å². The normalized spacial score (nSPS) is 24.2. The predicted octanol–water partition coefficient (Wildman–Crippen LogP) is 4.15. The van der Waals surface area contributed by atoms with Crippen molar-refractivity contribution in [2.24, 2.45) is 5.73 Å². The molecule has 1 atom stereocenters. The first kappa shape index (κ1) is 14.4. The van der Waals surface area contributed by atoms with E-state index in [1.54, 1.807) is 6.20 Å². The van der Waals surface area contributed by atoms with E-state index in [9.17, 15) is 0 Å². The quantitative estimate of drug-likeness (QED) is 0.637. The van der Waals surface area contributed by atoms with Gasteiger partial charge in [0.15, 0.2) is 0 Å². The summed E-state index contributed by atoms with van der Waals surface area (Å²) in [4.78, 5) is 0. The molecule has 0 bridgehead atoms. The highest BCUT2D eigenvalue weighted by molar-refractivity contribution is 7.99. The molecule has 1 aliphatic heterocycles. The van der Waals surface area contributed by atoms with Crippen molar-refractivity contribution in [3.05, 3.63) is 90.2 Å². The van der Waals surface area contributed by atoms with Crippen LogP contribution in [-0.2, 0) is 0 Å². The van der Waals surface area contributed by atoms with Crippen molar-refractivity contribution in [1.29, 1.82) is 0 Å². The highest BCUT2D eigenvalue weighted by Gasteiger charge is 2.36. The molecule has 1 unspecified atom stereocenters. The van der Waals surface area contributed by atoms with Gasteiger partial charge in [0.2, 0.25) is 0 Å². The van der Waals surface area contributed by atoms with Gasteiger partial charge in [-0.2, -0.15) is 0 Å². The molecule has 2 heteroatoms. The van der Waals surface area contributed by atoms with Gasteiger partial charge in [0.1, 0.15) is 0 Å². The maximum absolute atomic E-state index is 5.45. The topological polar surface area (TPSA) is 26.0 Å². The summed E-state index contributed by atoms with van der Waals surface area (Å²) >= 11 is 0. The van der Waals surface area contributed by atoms with Crippen LogP contribution in [0.4, 0.5) is 0 Å². The summed E-state index contributed by atoms with van der Waals surface area (Å²) in [6, 6.07) is 10.7. The zero-order chi connectivity index (χ0) is 14.4. The molecule has 20 heavy (non-hydrogen) atoms. The largest absolute Gasteiger partial charge is 0.405 e. The van der Waals surface area contributed by atoms with Crippen LogP contribution in [0.5, 0.6) is 0 Å². The van der Waals surface area contributed by atoms with Crippen LogP contribution in [0.2, 0.25) is 0 Å². The second-order valence-electron chi connectivity index (χ2n) is 4.47. The zero-order valence-electron chi connectivity index (χ0n) is 11.7. The van der Waals surface area contributed by atoms with E-state index in [2.05, 4.69) is 67.9 Å². The Bertz CT molecular complexity index is 658. The average molecular weight is 281 g/mol. The van der Waals surface area contributed by atoms with E-state index in [1.807, 2.05) is 18.2 Å². The Hall–Kier alpha value is -1.98. The minimum absolute atomic E-state index is 1.36. The summed E-state index contributed by atoms with van der Waals surface area (Å²) in [5.74, 6) is 2.38. The van der Waals surface area contributed by atoms with Crippen LogP contribution in [-0.4, -0.2) is 5.80 Å². The third kappa shape index (κ3) is 2.64. The van der Waals surface area contributed by atoms with E-state index in [1.165, 1.54) is 15.9 Å². The molecule has 0 amide bonds. The summed E-state index contributed by atoms with van der Waals surface area (Å²) in [6.07, 6.45) is 13.8. The van der Waals surface area contributed by atoms with E-state index in [4.69, 9.17) is 5.73 Å². The van der Waals surface area contributed by atoms with Crippen LogP contribution in [0.15, 0.2) is 90.2 Å². The molecule has 2 N–H and O–H groups in total. The lowest BCUT2D eigenvalue weighted by molar-refractivity contribution is 1.60. The Morgan fingerprint density at radius 3 is 2.55 bits per heavy atom. The third-order valence-corrected chi connectivity index (χ3v) is 7.13. The molecule has 2 rings (SSSR count). The van der Waals surface area contributed by atoms with E-state index < -0.39 is 6.89 Å². The summed E-state index contributed by atoms with van der Waals surface area (Å²) in [5, 5.41) is 4.13. The summed E-state index contributed by atoms with van der Waals surface area (Å²) in [5.41, 5.74) is 5.45. The molecule has 102 valence electrons. The van der Waals surface area contributed by atoms with E-state index in [-0.39, 0.29) is 0 Å². The van der Waals surface area contributed by atoms with Gasteiger partial charge in [0.05, 0.1) is 0 Å². The fraction of sp³-hybridized carbons (Fsp3) is 0.0556. The van der Waals surface area contributed by atoms with Crippen LogP contribution in [0, 0.1) is 0 Å². The van der Waals surface area contributed by atoms with Crippen LogP contribution < -0.4 is 11.0 Å². The maximum Gasteiger partial charge on any atom is -0.00621 e. The lowest BCUT2D eigenvalue weighted by Crippen LogP contribution is -1.99. The Balaban J connectivity index is 2.51. The monoisotopic (exact) mass is 281 g/mol. The smallest absolute Gasteiger partial charge is 0.00621 e. The number of hydrogen-bond donors (Lipinski definition) is 1. The van der Waals surface area contributed by atoms with Crippen LogP contribution in [0.25, 0.3) is 0 Å². The molecule has 0 radical (unpaired) electrons. The molecule has 1 aromatic carbocycles. The lowest BCUT2D eigenvalue weighted by atomic mass is 10.4. The number of hydrogen-bond acceptors (Lipinski definition) is 1. The van der Waals surface area contributed by atoms with E-state index in [0.717, 1.165) is 0 Å². The van der Waals surface area contributed by atoms with Crippen molar-refractivity contribution < 1.29 is 0 Å². The Labute approximate surface area is 121 Å². The Morgan fingerprint density at radius 2 is 1.95 bits per heavy atom. The predicted molar refractivity (Wildman–Crippen MR) is 93.6 cm³/mol. The first-order chi connectivity index (χ1) is 9.79. The van der Waals surface area contributed by atoms with Crippen molar-refractivity contribution in [2.75, 3.05) is 0 Å². The van der Waals surface area contributed by atoms with Gasteiger partial charge in [-0.1, -0.05) is 67.3 Å². The van der Waals surface area contributed by atoms with Crippen LogP contribution in [0.3, 0.4) is 0 Å². The first-order valence-corrected chi connectivity index (χ1v) is 8.50. The van der Waals surface area contributed by atoms with Crippen molar-refractivity contribution in [1.82, 2.24) is 0 Å². The van der Waals surface area contributed by atoms with E-state index in [0.29, 0.717) is 0 Å². The number of rotatable bonds is 5. The van der Waals surface area contributed by atoms with Gasteiger partial charge in [0, 0.05) is 0 Å². The second-order valence-corrected chi connectivity index (χ2v) is 7.72. The van der Waals surface area contributed by atoms with Gasteiger partial charge in [-0.25, -0.2) is 0 Å². The molecule has 0 aromatic heterocycles. The maximum atomic E-state index is 5.45. The van der Waals surface area contributed by atoms with Crippen LogP contribution in [0.1, 0.15) is 6.92 Å². The van der Waals surface area contributed by atoms with Crippen molar-refractivity contribution in [3.63, 3.8) is 0 Å². The van der Waals surface area contributed by atoms with Crippen molar-refractivity contribution in [2.45, 2.75) is 6.92 Å². The number of allylic oxidation sites excluding steroid dienone is 8. The molecule has 0 aliphatic carbocycles. The average Bonchev–Trinajstić information content (AvgIpc) is 3.22. The highest BCUT2D eigenvalue weighted by atomic mass is 31.2. The molecular weight excluding hydrogens is 261 g/mol. The number of benzene rings is 1. The van der Waals surface area contributed by atoms with Gasteiger partial charge in [-0.15, -0.1) is 0 Å². The van der Waals surface area contributed by atoms with Crippen molar-refractivity contribution in [3.8, 4) is 0 Å². The minimum Gasteiger partial charge on any atom is -0.405 e. The van der Waals surface area contributed by atoms with Crippen LogP contribution >= 0.6 is 6.89 Å². The van der Waals surface area contributed by atoms with Gasteiger partial charge < -0.3 is 5.73 Å². The lowest BCUT2D eigenvalue weighted by Gasteiger charge is -2.15. The Kier molecular flexibility index (Phi) is 4.65. The summed E-state index contributed by atoms with van der Waals surface area (Å²) in [6.45, 7) is 4.38. The Morgan fingerprint density at radius 1 is 1.20 bits per heavy atom. The standard InChI is InChI=1S/C18H20NP/c1-3-5-10-16(4-2)20(15-18(20)13-9-14-19)17-11-7-6-8-12-17/h3-15H,1,19H2,2H3/b10-5-,14-9-,16-4+,18-13+. The zero-order valence-corrected chi connectivity index (χ0v) is 12.6. The minimum atomic E-state index is -1.47. The second kappa shape index (κ2) is 6.45. The molecular formula is C18H20NP. The molecule has 1 aliphatic rings. The fourth-order valence-electron chi connectivity index (χ4n) is 2.33. The molecule has 0 fully saturated rings. The van der Waals surface area contributed by atoms with Gasteiger partial charge >= 0.3 is 0 Å².